The van der Waals surface area contributed by atoms with Gasteiger partial charge in [-0.25, -0.2) is 27.8 Å². The number of nitrogens with one attached hydrogen (secondary N) is 2. The van der Waals surface area contributed by atoms with Crippen LogP contribution in [0.2, 0.25) is 5.02 Å². The normalized spacial score (nSPS) is 13.6. The highest BCUT2D eigenvalue weighted by atomic mass is 79.9. The van der Waals surface area contributed by atoms with E-state index in [-0.39, 0.29) is 34.5 Å². The molecule has 1 aliphatic heterocycles. The van der Waals surface area contributed by atoms with Crippen LogP contribution in [0, 0.1) is 5.82 Å². The second kappa shape index (κ2) is 19.5. The highest BCUT2D eigenvalue weighted by molar-refractivity contribution is 9.10. The molecule has 9 rings (SSSR count). The smallest absolute Gasteiger partial charge is 0.232 e. The summed E-state index contributed by atoms with van der Waals surface area (Å²) in [6.07, 6.45) is 5.33. The number of benzene rings is 3. The number of H-pyrrole nitrogens is 1. The third-order valence-corrected chi connectivity index (χ3v) is 14.8. The zero-order valence-corrected chi connectivity index (χ0v) is 42.2. The molecule has 1 saturated heterocycles. The summed E-state index contributed by atoms with van der Waals surface area (Å²) in [6, 6.07) is 16.6. The first kappa shape index (κ1) is 47.7. The summed E-state index contributed by atoms with van der Waals surface area (Å²) in [5, 5.41) is 8.90. The first-order chi connectivity index (χ1) is 33.1. The van der Waals surface area contributed by atoms with Gasteiger partial charge in [-0.1, -0.05) is 36.4 Å². The molecule has 6 heterocycles. The Hall–Kier alpha value is -6.39. The van der Waals surface area contributed by atoms with E-state index in [0.717, 1.165) is 29.6 Å². The van der Waals surface area contributed by atoms with E-state index in [1.165, 1.54) is 6.07 Å². The van der Waals surface area contributed by atoms with Gasteiger partial charge in [-0.15, -0.1) is 0 Å². The molecule has 18 nitrogen and oxygen atoms in total. The minimum Gasteiger partial charge on any atom is -0.494 e. The molecule has 0 unspecified atom stereocenters. The summed E-state index contributed by atoms with van der Waals surface area (Å²) in [7, 11) is 7.32. The number of ether oxygens (including phenoxy) is 1. The standard InChI is InChI=1S/C47H52BrClFN15O3S/c1-29(25-64(27-41-53-36-13-12-34(49)42(50)43(36)56-41)47-58-46(63-20-17-60(4)18-21-63)57-44-33(48)24-52-65(44)47)69(66,67)28-30-22-37(40(68-7)23-39(30)61(5)19-16-59(2)3)55-45-51-15-14-35(54-45)32-26-62(6)38-11-9-8-10-31(32)38/h8-15,22-24,26H,1,16-21,25,27-28H2,2-7H3,(H,53,56)(H,51,54,55). The van der Waals surface area contributed by atoms with Gasteiger partial charge in [-0.3, -0.25) is 0 Å². The number of methoxy groups -OCH3 is 1. The van der Waals surface area contributed by atoms with Crippen LogP contribution in [0.4, 0.5) is 33.6 Å². The van der Waals surface area contributed by atoms with Crippen LogP contribution in [0.25, 0.3) is 38.8 Å². The summed E-state index contributed by atoms with van der Waals surface area (Å²) in [5.74, 6) is 0.722. The van der Waals surface area contributed by atoms with Gasteiger partial charge in [0.15, 0.2) is 21.3 Å². The Morgan fingerprint density at radius 1 is 1.01 bits per heavy atom. The van der Waals surface area contributed by atoms with E-state index < -0.39 is 21.4 Å². The van der Waals surface area contributed by atoms with Crippen LogP contribution in [-0.4, -0.2) is 143 Å². The van der Waals surface area contributed by atoms with Crippen molar-refractivity contribution in [3.63, 3.8) is 0 Å². The molecule has 0 saturated carbocycles. The van der Waals surface area contributed by atoms with Crippen molar-refractivity contribution in [1.82, 2.24) is 53.9 Å². The van der Waals surface area contributed by atoms with Crippen LogP contribution >= 0.6 is 27.5 Å². The molecular weight excluding hydrogens is 989 g/mol. The Morgan fingerprint density at radius 3 is 2.57 bits per heavy atom. The Bertz CT molecular complexity index is 3340. The Morgan fingerprint density at radius 2 is 1.80 bits per heavy atom. The number of rotatable bonds is 17. The number of hydrogen-bond acceptors (Lipinski definition) is 15. The molecule has 1 aliphatic rings. The van der Waals surface area contributed by atoms with Gasteiger partial charge in [0.1, 0.15) is 17.1 Å². The van der Waals surface area contributed by atoms with E-state index in [4.69, 9.17) is 31.3 Å². The maximum Gasteiger partial charge on any atom is 0.232 e. The number of hydrogen-bond donors (Lipinski definition) is 2. The Kier molecular flexibility index (Phi) is 13.5. The molecule has 0 aliphatic carbocycles. The maximum atomic E-state index is 15.3. The number of sulfone groups is 1. The molecule has 2 N–H and O–H groups in total. The number of imidazole rings is 1. The molecule has 8 aromatic rings. The summed E-state index contributed by atoms with van der Waals surface area (Å²) in [6.45, 7) is 8.16. The van der Waals surface area contributed by atoms with E-state index in [2.05, 4.69) is 86.3 Å². The average Bonchev–Trinajstić information content (AvgIpc) is 4.03. The number of nitrogens with zero attached hydrogens (tertiary/aromatic N) is 13. The highest BCUT2D eigenvalue weighted by Crippen LogP contribution is 2.38. The zero-order valence-electron chi connectivity index (χ0n) is 39.1. The van der Waals surface area contributed by atoms with Crippen molar-refractivity contribution in [2.24, 2.45) is 7.05 Å². The molecule has 3 aromatic carbocycles. The third kappa shape index (κ3) is 9.91. The van der Waals surface area contributed by atoms with E-state index >= 15 is 4.39 Å². The monoisotopic (exact) mass is 1040 g/mol. The van der Waals surface area contributed by atoms with E-state index in [1.807, 2.05) is 63.6 Å². The summed E-state index contributed by atoms with van der Waals surface area (Å²) >= 11 is 9.75. The van der Waals surface area contributed by atoms with Crippen LogP contribution in [0.5, 0.6) is 5.75 Å². The van der Waals surface area contributed by atoms with Crippen LogP contribution in [0.1, 0.15) is 11.4 Å². The molecule has 69 heavy (non-hydrogen) atoms. The summed E-state index contributed by atoms with van der Waals surface area (Å²) in [4.78, 5) is 37.1. The van der Waals surface area contributed by atoms with Crippen molar-refractivity contribution < 1.29 is 17.5 Å². The molecular formula is C47H52BrClFN15O3S. The number of aromatic nitrogens is 9. The second-order valence-corrected chi connectivity index (χ2v) is 20.8. The first-order valence-electron chi connectivity index (χ1n) is 22.1. The average molecular weight is 1040 g/mol. The highest BCUT2D eigenvalue weighted by Gasteiger charge is 2.29. The van der Waals surface area contributed by atoms with Gasteiger partial charge in [0.05, 0.1) is 63.4 Å². The van der Waals surface area contributed by atoms with Crippen LogP contribution in [0.15, 0.2) is 89.1 Å². The fourth-order valence-corrected chi connectivity index (χ4v) is 10.1. The van der Waals surface area contributed by atoms with Gasteiger partial charge < -0.3 is 44.1 Å². The predicted molar refractivity (Wildman–Crippen MR) is 274 cm³/mol. The number of likely N-dealkylation sites (N-methyl/N-ethyl adjacent to an activating group) is 3. The lowest BCUT2D eigenvalue weighted by Gasteiger charge is -2.33. The second-order valence-electron chi connectivity index (χ2n) is 17.4. The van der Waals surface area contributed by atoms with Crippen molar-refractivity contribution in [1.29, 1.82) is 0 Å². The molecule has 0 spiro atoms. The van der Waals surface area contributed by atoms with Crippen molar-refractivity contribution in [2.75, 3.05) is 101 Å². The van der Waals surface area contributed by atoms with Gasteiger partial charge in [-0.05, 0) is 73.0 Å². The van der Waals surface area contributed by atoms with E-state index in [0.29, 0.717) is 87.9 Å². The van der Waals surface area contributed by atoms with Gasteiger partial charge in [0, 0.05) is 94.0 Å². The number of fused-ring (bicyclic) bond motifs is 3. The molecule has 1 fully saturated rings. The van der Waals surface area contributed by atoms with Crippen molar-refractivity contribution in [2.45, 2.75) is 12.3 Å². The van der Waals surface area contributed by atoms with Crippen LogP contribution < -0.4 is 24.8 Å². The first-order valence-corrected chi connectivity index (χ1v) is 24.9. The van der Waals surface area contributed by atoms with Crippen LogP contribution in [0.3, 0.4) is 0 Å². The molecule has 22 heteroatoms. The zero-order chi connectivity index (χ0) is 48.7. The minimum atomic E-state index is -4.17. The number of anilines is 5. The van der Waals surface area contributed by atoms with Gasteiger partial charge in [-0.2, -0.15) is 19.6 Å². The van der Waals surface area contributed by atoms with Crippen LogP contribution in [-0.2, 0) is 29.2 Å². The number of piperazine rings is 1. The number of para-hydroxylation sites is 1. The predicted octanol–water partition coefficient (Wildman–Crippen LogP) is 7.14. The van der Waals surface area contributed by atoms with E-state index in [1.54, 1.807) is 41.1 Å². The molecule has 5 aromatic heterocycles. The molecule has 0 atom stereocenters. The molecule has 0 bridgehead atoms. The topological polar surface area (TPSA) is 174 Å². The minimum absolute atomic E-state index is 0.0426. The Labute approximate surface area is 412 Å². The number of aromatic amines is 1. The number of aryl methyl sites for hydroxylation is 1. The molecule has 0 amide bonds. The van der Waals surface area contributed by atoms with Crippen molar-refractivity contribution in [3.05, 3.63) is 111 Å². The van der Waals surface area contributed by atoms with Crippen molar-refractivity contribution in [3.8, 4) is 17.0 Å². The third-order valence-electron chi connectivity index (χ3n) is 12.2. The summed E-state index contributed by atoms with van der Waals surface area (Å²) in [5.41, 5.74) is 5.28. The fourth-order valence-electron chi connectivity index (χ4n) is 8.37. The van der Waals surface area contributed by atoms with E-state index in [9.17, 15) is 8.42 Å². The SMILES string of the molecule is C=C(CN(Cc1nc2c(F)c(Cl)ccc2[nH]1)c1nc(N2CCN(C)CC2)nc2c(Br)cnn12)S(=O)(=O)Cc1cc(Nc2nccc(-c3cn(C)c4ccccc34)n2)c(OC)cc1N(C)CCN(C)C. The lowest BCUT2D eigenvalue weighted by atomic mass is 10.1. The lowest BCUT2D eigenvalue weighted by Crippen LogP contribution is -2.45. The fraction of sp³-hybridized carbons (Fsp3) is 0.319. The summed E-state index contributed by atoms with van der Waals surface area (Å²) < 4.78 is 55.3. The van der Waals surface area contributed by atoms with Crippen molar-refractivity contribution >= 4 is 94.2 Å². The quantitative estimate of drug-likeness (QED) is 0.0942. The number of halogens is 3. The van der Waals surface area contributed by atoms with Gasteiger partial charge in [0.2, 0.25) is 17.8 Å². The largest absolute Gasteiger partial charge is 0.494 e. The maximum absolute atomic E-state index is 15.3. The van der Waals surface area contributed by atoms with Gasteiger partial charge in [0.25, 0.3) is 0 Å². The molecule has 360 valence electrons. The lowest BCUT2D eigenvalue weighted by molar-refractivity contribution is 0.311. The van der Waals surface area contributed by atoms with Gasteiger partial charge >= 0.3 is 0 Å². The molecule has 0 radical (unpaired) electrons. The Balaban J connectivity index is 1.08.